The second-order valence-corrected chi connectivity index (χ2v) is 6.05. The van der Waals surface area contributed by atoms with Gasteiger partial charge in [-0.25, -0.2) is 14.4 Å². The summed E-state index contributed by atoms with van der Waals surface area (Å²) in [6.45, 7) is 5.10. The lowest BCUT2D eigenvalue weighted by molar-refractivity contribution is 0.0785. The molecule has 1 saturated heterocycles. The van der Waals surface area contributed by atoms with Crippen molar-refractivity contribution in [2.24, 2.45) is 0 Å². The van der Waals surface area contributed by atoms with Crippen LogP contribution in [0.25, 0.3) is 0 Å². The number of hydrogen-bond donors (Lipinski definition) is 1. The van der Waals surface area contributed by atoms with Gasteiger partial charge in [0.15, 0.2) is 0 Å². The molecule has 0 spiro atoms. The largest absolute Gasteiger partial charge is 0.383 e. The molecular weight excluding hydrogens is 307 g/mol. The molecule has 0 amide bonds. The zero-order chi connectivity index (χ0) is 16.9. The number of halogens is 1. The molecule has 3 rings (SSSR count). The molecule has 2 heterocycles. The highest BCUT2D eigenvalue weighted by molar-refractivity contribution is 5.37. The number of anilines is 1. The minimum Gasteiger partial charge on any atom is -0.383 e. The number of likely N-dealkylation sites (tertiary alicyclic amines) is 1. The third-order valence-electron chi connectivity index (χ3n) is 4.24. The smallest absolute Gasteiger partial charge is 0.130 e. The van der Waals surface area contributed by atoms with E-state index < -0.39 is 0 Å². The van der Waals surface area contributed by atoms with E-state index in [4.69, 9.17) is 4.74 Å². The molecule has 1 aromatic carbocycles. The Balaban J connectivity index is 1.68. The van der Waals surface area contributed by atoms with Gasteiger partial charge in [-0.1, -0.05) is 12.1 Å². The number of aromatic nitrogens is 2. The number of methoxy groups -OCH3 is 1. The Morgan fingerprint density at radius 3 is 2.75 bits per heavy atom. The van der Waals surface area contributed by atoms with Crippen LogP contribution in [0.1, 0.15) is 29.5 Å². The van der Waals surface area contributed by atoms with Gasteiger partial charge in [0.2, 0.25) is 0 Å². The van der Waals surface area contributed by atoms with Crippen molar-refractivity contribution in [2.75, 3.05) is 32.1 Å². The van der Waals surface area contributed by atoms with Crippen LogP contribution in [-0.2, 0) is 11.3 Å². The van der Waals surface area contributed by atoms with Gasteiger partial charge in [0.25, 0.3) is 0 Å². The van der Waals surface area contributed by atoms with E-state index in [1.165, 1.54) is 12.1 Å². The van der Waals surface area contributed by atoms with Crippen LogP contribution in [0, 0.1) is 12.7 Å². The topological polar surface area (TPSA) is 50.3 Å². The molecule has 1 aromatic heterocycles. The summed E-state index contributed by atoms with van der Waals surface area (Å²) in [6, 6.07) is 9.01. The molecule has 0 aliphatic carbocycles. The molecule has 1 fully saturated rings. The van der Waals surface area contributed by atoms with Crippen LogP contribution in [0.4, 0.5) is 10.2 Å². The number of nitrogens with one attached hydrogen (secondary N) is 1. The number of rotatable bonds is 7. The maximum absolute atomic E-state index is 13.0. The minimum atomic E-state index is -0.197. The van der Waals surface area contributed by atoms with Gasteiger partial charge in [-0.05, 0) is 31.0 Å². The highest BCUT2D eigenvalue weighted by Gasteiger charge is 2.30. The van der Waals surface area contributed by atoms with Gasteiger partial charge < -0.3 is 10.1 Å². The fraction of sp³-hybridized carbons (Fsp3) is 0.444. The van der Waals surface area contributed by atoms with Crippen molar-refractivity contribution >= 4 is 5.82 Å². The van der Waals surface area contributed by atoms with Crippen molar-refractivity contribution in [2.45, 2.75) is 25.9 Å². The molecule has 0 saturated carbocycles. The second kappa shape index (κ2) is 7.68. The van der Waals surface area contributed by atoms with E-state index in [1.807, 2.05) is 25.1 Å². The maximum atomic E-state index is 13.0. The monoisotopic (exact) mass is 330 g/mol. The van der Waals surface area contributed by atoms with Gasteiger partial charge in [0, 0.05) is 32.8 Å². The molecule has 1 atom stereocenters. The summed E-state index contributed by atoms with van der Waals surface area (Å²) in [7, 11) is 1.68. The van der Waals surface area contributed by atoms with Crippen molar-refractivity contribution in [3.63, 3.8) is 0 Å². The summed E-state index contributed by atoms with van der Waals surface area (Å²) in [4.78, 5) is 11.4. The molecule has 1 aliphatic rings. The first-order valence-corrected chi connectivity index (χ1v) is 8.22. The normalized spacial score (nSPS) is 17.5. The third kappa shape index (κ3) is 4.07. The molecule has 6 heteroatoms. The van der Waals surface area contributed by atoms with E-state index in [1.54, 1.807) is 7.11 Å². The van der Waals surface area contributed by atoms with Gasteiger partial charge in [-0.3, -0.25) is 4.90 Å². The Kier molecular flexibility index (Phi) is 5.37. The highest BCUT2D eigenvalue weighted by atomic mass is 19.1. The standard InChI is InChI=1S/C18H23FN4O/c1-13-21-16(11-18(22-13)20-8-10-24-2)17-7-9-23(17)12-14-3-5-15(19)6-4-14/h3-6,11,17H,7-10,12H2,1-2H3,(H,20,21,22)/t17-/m1/s1. The molecule has 128 valence electrons. The quantitative estimate of drug-likeness (QED) is 0.791. The van der Waals surface area contributed by atoms with Crippen molar-refractivity contribution in [1.29, 1.82) is 0 Å². The molecule has 0 bridgehead atoms. The van der Waals surface area contributed by atoms with Crippen molar-refractivity contribution in [3.8, 4) is 0 Å². The first-order valence-electron chi connectivity index (χ1n) is 8.22. The zero-order valence-electron chi connectivity index (χ0n) is 14.1. The Morgan fingerprint density at radius 1 is 1.29 bits per heavy atom. The summed E-state index contributed by atoms with van der Waals surface area (Å²) < 4.78 is 18.1. The van der Waals surface area contributed by atoms with Crippen molar-refractivity contribution in [3.05, 3.63) is 53.2 Å². The van der Waals surface area contributed by atoms with Crippen LogP contribution in [-0.4, -0.2) is 41.7 Å². The highest BCUT2D eigenvalue weighted by Crippen LogP contribution is 2.34. The maximum Gasteiger partial charge on any atom is 0.130 e. The van der Waals surface area contributed by atoms with E-state index in [0.717, 1.165) is 49.0 Å². The van der Waals surface area contributed by atoms with Crippen LogP contribution >= 0.6 is 0 Å². The predicted molar refractivity (Wildman–Crippen MR) is 91.3 cm³/mol. The Labute approximate surface area is 141 Å². The van der Waals surface area contributed by atoms with Crippen LogP contribution < -0.4 is 5.32 Å². The fourth-order valence-electron chi connectivity index (χ4n) is 2.92. The SMILES string of the molecule is COCCNc1cc([C@H]2CCN2Cc2ccc(F)cc2)nc(C)n1. The zero-order valence-corrected chi connectivity index (χ0v) is 14.1. The van der Waals surface area contributed by atoms with Crippen molar-refractivity contribution < 1.29 is 9.13 Å². The number of ether oxygens (including phenoxy) is 1. The molecule has 1 aliphatic heterocycles. The summed E-state index contributed by atoms with van der Waals surface area (Å²) in [5.41, 5.74) is 2.15. The minimum absolute atomic E-state index is 0.197. The van der Waals surface area contributed by atoms with Gasteiger partial charge in [-0.15, -0.1) is 0 Å². The Hall–Kier alpha value is -2.05. The molecular formula is C18H23FN4O. The average Bonchev–Trinajstić information content (AvgIpc) is 2.53. The number of nitrogens with zero attached hydrogens (tertiary/aromatic N) is 3. The summed E-state index contributed by atoms with van der Waals surface area (Å²) >= 11 is 0. The van der Waals surface area contributed by atoms with E-state index in [9.17, 15) is 4.39 Å². The fourth-order valence-corrected chi connectivity index (χ4v) is 2.92. The van der Waals surface area contributed by atoms with E-state index in [2.05, 4.69) is 20.2 Å². The van der Waals surface area contributed by atoms with E-state index in [-0.39, 0.29) is 5.82 Å². The molecule has 0 radical (unpaired) electrons. The van der Waals surface area contributed by atoms with Crippen LogP contribution in [0.2, 0.25) is 0 Å². The Bertz CT molecular complexity index is 677. The van der Waals surface area contributed by atoms with Gasteiger partial charge >= 0.3 is 0 Å². The number of hydrogen-bond acceptors (Lipinski definition) is 5. The van der Waals surface area contributed by atoms with Crippen LogP contribution in [0.15, 0.2) is 30.3 Å². The predicted octanol–water partition coefficient (Wildman–Crippen LogP) is 2.93. The lowest BCUT2D eigenvalue weighted by atomic mass is 9.98. The molecule has 2 aromatic rings. The van der Waals surface area contributed by atoms with Crippen LogP contribution in [0.3, 0.4) is 0 Å². The number of aryl methyl sites for hydroxylation is 1. The number of benzene rings is 1. The summed E-state index contributed by atoms with van der Waals surface area (Å²) in [6.07, 6.45) is 1.08. The molecule has 24 heavy (non-hydrogen) atoms. The molecule has 1 N–H and O–H groups in total. The average molecular weight is 330 g/mol. The first-order chi connectivity index (χ1) is 11.7. The summed E-state index contributed by atoms with van der Waals surface area (Å²) in [5.74, 6) is 1.40. The van der Waals surface area contributed by atoms with E-state index >= 15 is 0 Å². The summed E-state index contributed by atoms with van der Waals surface area (Å²) in [5, 5.41) is 3.26. The lowest BCUT2D eigenvalue weighted by Gasteiger charge is -2.40. The first kappa shape index (κ1) is 16.8. The molecule has 0 unspecified atom stereocenters. The Morgan fingerprint density at radius 2 is 2.08 bits per heavy atom. The van der Waals surface area contributed by atoms with Gasteiger partial charge in [0.05, 0.1) is 18.3 Å². The van der Waals surface area contributed by atoms with Gasteiger partial charge in [-0.2, -0.15) is 0 Å². The third-order valence-corrected chi connectivity index (χ3v) is 4.24. The molecule has 5 nitrogen and oxygen atoms in total. The van der Waals surface area contributed by atoms with Gasteiger partial charge in [0.1, 0.15) is 17.5 Å². The van der Waals surface area contributed by atoms with Crippen molar-refractivity contribution in [1.82, 2.24) is 14.9 Å². The van der Waals surface area contributed by atoms with Crippen LogP contribution in [0.5, 0.6) is 0 Å². The second-order valence-electron chi connectivity index (χ2n) is 6.05. The van der Waals surface area contributed by atoms with E-state index in [0.29, 0.717) is 12.6 Å². The lowest BCUT2D eigenvalue weighted by Crippen LogP contribution is -2.40.